The summed E-state index contributed by atoms with van der Waals surface area (Å²) in [4.78, 5) is 30.9. The normalized spacial score (nSPS) is 12.0. The summed E-state index contributed by atoms with van der Waals surface area (Å²) < 4.78 is 0. The van der Waals surface area contributed by atoms with Crippen LogP contribution in [-0.2, 0) is 9.59 Å². The minimum atomic E-state index is -0.235. The Balaban J connectivity index is 2.10. The topological polar surface area (TPSA) is 62.3 Å². The van der Waals surface area contributed by atoms with Gasteiger partial charge in [-0.05, 0) is 25.8 Å². The van der Waals surface area contributed by atoms with E-state index in [0.717, 1.165) is 5.56 Å². The lowest BCUT2D eigenvalue weighted by molar-refractivity contribution is -0.137. The second-order valence-corrected chi connectivity index (χ2v) is 6.71. The van der Waals surface area contributed by atoms with Gasteiger partial charge in [0, 0.05) is 17.6 Å². The number of carbonyl (C=O) groups is 2. The molecule has 0 saturated heterocycles. The number of rotatable bonds is 7. The lowest BCUT2D eigenvalue weighted by Gasteiger charge is -2.30. The Labute approximate surface area is 146 Å². The molecule has 0 aliphatic rings. The van der Waals surface area contributed by atoms with Crippen LogP contribution in [0.15, 0.2) is 41.9 Å². The number of nitrogens with zero attached hydrogens (tertiary/aromatic N) is 2. The number of hydrogen-bond donors (Lipinski definition) is 1. The molecule has 1 heterocycles. The maximum absolute atomic E-state index is 13.0. The molecule has 2 aromatic rings. The predicted molar refractivity (Wildman–Crippen MR) is 97.1 cm³/mol. The predicted octanol–water partition coefficient (Wildman–Crippen LogP) is 3.51. The third-order valence-corrected chi connectivity index (χ3v) is 4.50. The summed E-state index contributed by atoms with van der Waals surface area (Å²) in [5.74, 6) is -0.482. The molecule has 1 aromatic carbocycles. The molecular weight excluding hydrogens is 322 g/mol. The van der Waals surface area contributed by atoms with Crippen LogP contribution in [0, 0.1) is 0 Å². The van der Waals surface area contributed by atoms with Gasteiger partial charge in [0.25, 0.3) is 0 Å². The van der Waals surface area contributed by atoms with E-state index in [1.807, 2.05) is 51.1 Å². The number of benzene rings is 1. The average molecular weight is 345 g/mol. The first-order chi connectivity index (χ1) is 11.5. The van der Waals surface area contributed by atoms with Crippen LogP contribution in [0.3, 0.4) is 0 Å². The smallest absolute Gasteiger partial charge is 0.245 e. The molecule has 1 N–H and O–H groups in total. The monoisotopic (exact) mass is 345 g/mol. The lowest BCUT2D eigenvalue weighted by atomic mass is 9.94. The van der Waals surface area contributed by atoms with Gasteiger partial charge < -0.3 is 10.2 Å². The molecular formula is C18H23N3O2S. The van der Waals surface area contributed by atoms with Crippen molar-refractivity contribution in [3.63, 3.8) is 0 Å². The zero-order chi connectivity index (χ0) is 17.5. The number of nitrogens with one attached hydrogen (secondary N) is 1. The van der Waals surface area contributed by atoms with Crippen molar-refractivity contribution in [2.45, 2.75) is 39.2 Å². The van der Waals surface area contributed by atoms with Crippen molar-refractivity contribution in [1.82, 2.24) is 9.88 Å². The summed E-state index contributed by atoms with van der Waals surface area (Å²) in [5, 5.41) is 5.08. The highest BCUT2D eigenvalue weighted by Gasteiger charge is 2.27. The second kappa shape index (κ2) is 8.59. The van der Waals surface area contributed by atoms with Crippen molar-refractivity contribution in [1.29, 1.82) is 0 Å². The Morgan fingerprint density at radius 2 is 1.96 bits per heavy atom. The molecule has 0 saturated carbocycles. The highest BCUT2D eigenvalue weighted by atomic mass is 32.1. The van der Waals surface area contributed by atoms with Crippen LogP contribution in [-0.4, -0.2) is 34.3 Å². The van der Waals surface area contributed by atoms with Crippen LogP contribution in [0.4, 0.5) is 5.13 Å². The first-order valence-corrected chi connectivity index (χ1v) is 8.95. The van der Waals surface area contributed by atoms with Gasteiger partial charge in [0.1, 0.15) is 6.54 Å². The van der Waals surface area contributed by atoms with Gasteiger partial charge in [-0.2, -0.15) is 0 Å². The Morgan fingerprint density at radius 1 is 1.25 bits per heavy atom. The summed E-state index contributed by atoms with van der Waals surface area (Å²) in [5.41, 5.74) is 0.982. The molecule has 0 spiro atoms. The van der Waals surface area contributed by atoms with E-state index in [0.29, 0.717) is 11.6 Å². The molecule has 2 amide bonds. The Morgan fingerprint density at radius 3 is 2.50 bits per heavy atom. The summed E-state index contributed by atoms with van der Waals surface area (Å²) >= 11 is 1.36. The molecule has 0 aliphatic carbocycles. The zero-order valence-corrected chi connectivity index (χ0v) is 15.0. The molecule has 6 heteroatoms. The van der Waals surface area contributed by atoms with Crippen LogP contribution in [0.5, 0.6) is 0 Å². The summed E-state index contributed by atoms with van der Waals surface area (Å²) in [6, 6.07) is 9.65. The maximum Gasteiger partial charge on any atom is 0.245 e. The maximum atomic E-state index is 13.0. The summed E-state index contributed by atoms with van der Waals surface area (Å²) in [7, 11) is 0. The van der Waals surface area contributed by atoms with Crippen LogP contribution >= 0.6 is 11.3 Å². The Hall–Kier alpha value is -2.21. The number of carbonyl (C=O) groups excluding carboxylic acids is 2. The van der Waals surface area contributed by atoms with E-state index in [-0.39, 0.29) is 30.3 Å². The average Bonchev–Trinajstić information content (AvgIpc) is 3.06. The third kappa shape index (κ3) is 4.64. The molecule has 128 valence electrons. The van der Waals surface area contributed by atoms with E-state index >= 15 is 0 Å². The van der Waals surface area contributed by atoms with Crippen molar-refractivity contribution in [2.75, 3.05) is 11.9 Å². The third-order valence-electron chi connectivity index (χ3n) is 3.81. The SMILES string of the molecule is CCC(C(=O)N(CC(=O)Nc1nccs1)C(C)C)c1ccccc1. The van der Waals surface area contributed by atoms with Gasteiger partial charge in [0.15, 0.2) is 5.13 Å². The van der Waals surface area contributed by atoms with Crippen LogP contribution in [0.1, 0.15) is 38.7 Å². The molecule has 2 rings (SSSR count). The standard InChI is InChI=1S/C18H23N3O2S/c1-4-15(14-8-6-5-7-9-14)17(23)21(13(2)3)12-16(22)20-18-19-10-11-24-18/h5-11,13,15H,4,12H2,1-3H3,(H,19,20,22). The van der Waals surface area contributed by atoms with Crippen molar-refractivity contribution in [3.8, 4) is 0 Å². The van der Waals surface area contributed by atoms with Gasteiger partial charge in [0.2, 0.25) is 11.8 Å². The van der Waals surface area contributed by atoms with E-state index in [1.54, 1.807) is 16.5 Å². The first-order valence-electron chi connectivity index (χ1n) is 8.07. The van der Waals surface area contributed by atoms with Crippen LogP contribution in [0.25, 0.3) is 0 Å². The highest BCUT2D eigenvalue weighted by Crippen LogP contribution is 2.23. The zero-order valence-electron chi connectivity index (χ0n) is 14.2. The van der Waals surface area contributed by atoms with E-state index in [1.165, 1.54) is 11.3 Å². The fraction of sp³-hybridized carbons (Fsp3) is 0.389. The molecule has 0 fully saturated rings. The van der Waals surface area contributed by atoms with Gasteiger partial charge in [-0.1, -0.05) is 37.3 Å². The molecule has 1 atom stereocenters. The van der Waals surface area contributed by atoms with Gasteiger partial charge >= 0.3 is 0 Å². The lowest BCUT2D eigenvalue weighted by Crippen LogP contribution is -2.44. The number of anilines is 1. The van der Waals surface area contributed by atoms with Gasteiger partial charge in [-0.15, -0.1) is 11.3 Å². The van der Waals surface area contributed by atoms with Crippen molar-refractivity contribution in [3.05, 3.63) is 47.5 Å². The molecule has 1 unspecified atom stereocenters. The largest absolute Gasteiger partial charge is 0.330 e. The summed E-state index contributed by atoms with van der Waals surface area (Å²) in [6.07, 6.45) is 2.33. The van der Waals surface area contributed by atoms with Crippen molar-refractivity contribution < 1.29 is 9.59 Å². The molecule has 0 radical (unpaired) electrons. The van der Waals surface area contributed by atoms with E-state index in [9.17, 15) is 9.59 Å². The quantitative estimate of drug-likeness (QED) is 0.835. The van der Waals surface area contributed by atoms with Crippen LogP contribution in [0.2, 0.25) is 0 Å². The molecule has 1 aromatic heterocycles. The number of aromatic nitrogens is 1. The summed E-state index contributed by atoms with van der Waals surface area (Å²) in [6.45, 7) is 5.86. The molecule has 0 bridgehead atoms. The molecule has 0 aliphatic heterocycles. The van der Waals surface area contributed by atoms with Gasteiger partial charge in [0.05, 0.1) is 5.92 Å². The molecule has 5 nitrogen and oxygen atoms in total. The Kier molecular flexibility index (Phi) is 6.49. The van der Waals surface area contributed by atoms with E-state index in [4.69, 9.17) is 0 Å². The minimum absolute atomic E-state index is 0.0204. The van der Waals surface area contributed by atoms with Gasteiger partial charge in [-0.25, -0.2) is 4.98 Å². The minimum Gasteiger partial charge on any atom is -0.330 e. The van der Waals surface area contributed by atoms with Crippen molar-refractivity contribution >= 4 is 28.3 Å². The van der Waals surface area contributed by atoms with E-state index < -0.39 is 0 Å². The van der Waals surface area contributed by atoms with Crippen LogP contribution < -0.4 is 5.32 Å². The second-order valence-electron chi connectivity index (χ2n) is 5.82. The number of thiazole rings is 1. The fourth-order valence-electron chi connectivity index (χ4n) is 2.55. The molecule has 24 heavy (non-hydrogen) atoms. The number of amides is 2. The number of hydrogen-bond acceptors (Lipinski definition) is 4. The highest BCUT2D eigenvalue weighted by molar-refractivity contribution is 7.13. The van der Waals surface area contributed by atoms with Crippen molar-refractivity contribution in [2.24, 2.45) is 0 Å². The van der Waals surface area contributed by atoms with Gasteiger partial charge in [-0.3, -0.25) is 9.59 Å². The van der Waals surface area contributed by atoms with E-state index in [2.05, 4.69) is 10.3 Å². The Bertz CT molecular complexity index is 656. The first kappa shape index (κ1) is 18.1. The fourth-order valence-corrected chi connectivity index (χ4v) is 3.10.